The Hall–Kier alpha value is -2.62. The van der Waals surface area contributed by atoms with E-state index in [9.17, 15) is 14.9 Å². The van der Waals surface area contributed by atoms with Gasteiger partial charge in [0.25, 0.3) is 0 Å². The molecule has 2 N–H and O–H groups in total. The number of aromatic nitrogens is 2. The largest absolute Gasteiger partial charge is 0.444 e. The molecule has 0 atom stereocenters. The van der Waals surface area contributed by atoms with Crippen molar-refractivity contribution < 1.29 is 14.5 Å². The molecule has 0 aliphatic heterocycles. The van der Waals surface area contributed by atoms with Gasteiger partial charge in [0.1, 0.15) is 5.60 Å². The van der Waals surface area contributed by atoms with Crippen LogP contribution < -0.4 is 10.6 Å². The number of hydrogen-bond acceptors (Lipinski definition) is 6. The van der Waals surface area contributed by atoms with E-state index in [2.05, 4.69) is 31.7 Å². The van der Waals surface area contributed by atoms with Crippen molar-refractivity contribution in [3.63, 3.8) is 0 Å². The van der Waals surface area contributed by atoms with Crippen molar-refractivity contribution in [2.24, 2.45) is 0 Å². The molecule has 146 valence electrons. The standard InChI is InChI=1S/C17H22BrN5O4/c1-17(2,3)27-16(24)19-9-10-22-14(18)13(23(25)26)15(21-22)20-11-12-7-5-4-6-8-12/h4-8H,9-11H2,1-3H3,(H,19,24)(H,20,21). The van der Waals surface area contributed by atoms with Crippen molar-refractivity contribution in [3.8, 4) is 0 Å². The molecule has 0 spiro atoms. The Morgan fingerprint density at radius 2 is 2.00 bits per heavy atom. The zero-order valence-electron chi connectivity index (χ0n) is 15.4. The molecule has 1 aromatic carbocycles. The van der Waals surface area contributed by atoms with Gasteiger partial charge in [0.2, 0.25) is 5.82 Å². The minimum atomic E-state index is -0.594. The zero-order chi connectivity index (χ0) is 20.0. The maximum absolute atomic E-state index is 11.7. The van der Waals surface area contributed by atoms with Crippen LogP contribution in [-0.2, 0) is 17.8 Å². The summed E-state index contributed by atoms with van der Waals surface area (Å²) in [5.41, 5.74) is 0.233. The summed E-state index contributed by atoms with van der Waals surface area (Å²) in [4.78, 5) is 22.6. The molecule has 0 bridgehead atoms. The summed E-state index contributed by atoms with van der Waals surface area (Å²) >= 11 is 3.22. The highest BCUT2D eigenvalue weighted by atomic mass is 79.9. The summed E-state index contributed by atoms with van der Waals surface area (Å²) in [6.45, 7) is 6.17. The highest BCUT2D eigenvalue weighted by Gasteiger charge is 2.26. The molecule has 9 nitrogen and oxygen atoms in total. The van der Waals surface area contributed by atoms with Crippen LogP contribution in [-0.4, -0.2) is 32.9 Å². The maximum Gasteiger partial charge on any atom is 0.407 e. The quantitative estimate of drug-likeness (QED) is 0.502. The third-order valence-corrected chi connectivity index (χ3v) is 4.13. The molecule has 0 radical (unpaired) electrons. The van der Waals surface area contributed by atoms with Gasteiger partial charge in [-0.15, -0.1) is 5.10 Å². The molecule has 0 saturated carbocycles. The molecule has 1 aromatic heterocycles. The Labute approximate surface area is 165 Å². The second-order valence-electron chi connectivity index (χ2n) is 6.74. The topological polar surface area (TPSA) is 111 Å². The molecule has 1 heterocycles. The molecular weight excluding hydrogens is 418 g/mol. The number of halogens is 1. The van der Waals surface area contributed by atoms with Crippen molar-refractivity contribution in [2.75, 3.05) is 11.9 Å². The first-order chi connectivity index (χ1) is 12.7. The molecule has 0 aliphatic carbocycles. The SMILES string of the molecule is CC(C)(C)OC(=O)NCCn1nc(NCc2ccccc2)c([N+](=O)[O-])c1Br. The summed E-state index contributed by atoms with van der Waals surface area (Å²) < 4.78 is 6.80. The maximum atomic E-state index is 11.7. The fraction of sp³-hybridized carbons (Fsp3) is 0.412. The van der Waals surface area contributed by atoms with Crippen LogP contribution in [0.1, 0.15) is 26.3 Å². The summed E-state index contributed by atoms with van der Waals surface area (Å²) in [5, 5.41) is 21.2. The minimum absolute atomic E-state index is 0.150. The number of rotatable bonds is 7. The van der Waals surface area contributed by atoms with Gasteiger partial charge in [-0.25, -0.2) is 9.48 Å². The van der Waals surface area contributed by atoms with Gasteiger partial charge in [0, 0.05) is 13.1 Å². The molecule has 2 rings (SSSR count). The number of anilines is 1. The first-order valence-electron chi connectivity index (χ1n) is 8.32. The average Bonchev–Trinajstić information content (AvgIpc) is 2.88. The monoisotopic (exact) mass is 439 g/mol. The number of nitrogens with zero attached hydrogens (tertiary/aromatic N) is 3. The lowest BCUT2D eigenvalue weighted by Crippen LogP contribution is -2.34. The first-order valence-corrected chi connectivity index (χ1v) is 9.12. The number of ether oxygens (including phenoxy) is 1. The van der Waals surface area contributed by atoms with E-state index in [-0.39, 0.29) is 29.2 Å². The number of nitro groups is 1. The Bertz CT molecular complexity index is 802. The fourth-order valence-corrected chi connectivity index (χ4v) is 2.81. The zero-order valence-corrected chi connectivity index (χ0v) is 16.9. The number of amides is 1. The highest BCUT2D eigenvalue weighted by molar-refractivity contribution is 9.10. The Balaban J connectivity index is 2.02. The third-order valence-electron chi connectivity index (χ3n) is 3.34. The molecule has 10 heteroatoms. The number of alkyl carbamates (subject to hydrolysis) is 1. The van der Waals surface area contributed by atoms with Gasteiger partial charge in [-0.1, -0.05) is 30.3 Å². The summed E-state index contributed by atoms with van der Waals surface area (Å²) in [6, 6.07) is 9.50. The van der Waals surface area contributed by atoms with E-state index in [4.69, 9.17) is 4.74 Å². The van der Waals surface area contributed by atoms with E-state index in [0.717, 1.165) is 5.56 Å². The van der Waals surface area contributed by atoms with Gasteiger partial charge >= 0.3 is 11.8 Å². The predicted octanol–water partition coefficient (Wildman–Crippen LogP) is 3.69. The van der Waals surface area contributed by atoms with Crippen LogP contribution in [0, 0.1) is 10.1 Å². The van der Waals surface area contributed by atoms with Crippen LogP contribution in [0.25, 0.3) is 0 Å². The number of hydrogen-bond donors (Lipinski definition) is 2. The van der Waals surface area contributed by atoms with Gasteiger partial charge in [0.05, 0.1) is 11.5 Å². The van der Waals surface area contributed by atoms with Crippen molar-refractivity contribution in [1.29, 1.82) is 0 Å². The van der Waals surface area contributed by atoms with Gasteiger partial charge in [-0.2, -0.15) is 0 Å². The second-order valence-corrected chi connectivity index (χ2v) is 7.49. The smallest absolute Gasteiger partial charge is 0.407 e. The third kappa shape index (κ3) is 6.24. The van der Waals surface area contributed by atoms with Crippen molar-refractivity contribution in [1.82, 2.24) is 15.1 Å². The lowest BCUT2D eigenvalue weighted by molar-refractivity contribution is -0.384. The van der Waals surface area contributed by atoms with E-state index >= 15 is 0 Å². The Kier molecular flexibility index (Phi) is 6.78. The Morgan fingerprint density at radius 3 is 2.59 bits per heavy atom. The molecule has 0 unspecified atom stereocenters. The Morgan fingerprint density at radius 1 is 1.33 bits per heavy atom. The molecule has 27 heavy (non-hydrogen) atoms. The van der Waals surface area contributed by atoms with Gasteiger partial charge in [0.15, 0.2) is 4.60 Å². The van der Waals surface area contributed by atoms with Crippen molar-refractivity contribution in [2.45, 2.75) is 39.5 Å². The van der Waals surface area contributed by atoms with Crippen LogP contribution in [0.2, 0.25) is 0 Å². The van der Waals surface area contributed by atoms with Gasteiger partial charge in [-0.05, 0) is 42.3 Å². The minimum Gasteiger partial charge on any atom is -0.444 e. The van der Waals surface area contributed by atoms with Gasteiger partial charge < -0.3 is 15.4 Å². The van der Waals surface area contributed by atoms with Crippen LogP contribution >= 0.6 is 15.9 Å². The summed E-state index contributed by atoms with van der Waals surface area (Å²) in [6.07, 6.45) is -0.553. The first kappa shape index (κ1) is 20.7. The molecule has 0 aliphatic rings. The molecule has 2 aromatic rings. The lowest BCUT2D eigenvalue weighted by atomic mass is 10.2. The van der Waals surface area contributed by atoms with E-state index in [1.807, 2.05) is 30.3 Å². The average molecular weight is 440 g/mol. The fourth-order valence-electron chi connectivity index (χ4n) is 2.22. The number of carbonyl (C=O) groups is 1. The summed E-state index contributed by atoms with van der Waals surface area (Å²) in [5.74, 6) is 0.160. The van der Waals surface area contributed by atoms with E-state index in [1.54, 1.807) is 20.8 Å². The van der Waals surface area contributed by atoms with Crippen molar-refractivity contribution in [3.05, 3.63) is 50.6 Å². The van der Waals surface area contributed by atoms with Crippen molar-refractivity contribution >= 4 is 33.5 Å². The van der Waals surface area contributed by atoms with Gasteiger partial charge in [-0.3, -0.25) is 10.1 Å². The van der Waals surface area contributed by atoms with Crippen LogP contribution in [0.3, 0.4) is 0 Å². The molecule has 1 amide bonds. The number of carbonyl (C=O) groups excluding carboxylic acids is 1. The normalized spacial score (nSPS) is 11.1. The highest BCUT2D eigenvalue weighted by Crippen LogP contribution is 2.32. The van der Waals surface area contributed by atoms with Crippen LogP contribution in [0.4, 0.5) is 16.3 Å². The predicted molar refractivity (Wildman–Crippen MR) is 105 cm³/mol. The molecule has 0 fully saturated rings. The van der Waals surface area contributed by atoms with E-state index in [1.165, 1.54) is 4.68 Å². The molecule has 0 saturated heterocycles. The number of nitrogens with one attached hydrogen (secondary N) is 2. The lowest BCUT2D eigenvalue weighted by Gasteiger charge is -2.19. The second kappa shape index (κ2) is 8.85. The van der Waals surface area contributed by atoms with Crippen LogP contribution in [0.5, 0.6) is 0 Å². The van der Waals surface area contributed by atoms with Crippen LogP contribution in [0.15, 0.2) is 34.9 Å². The van der Waals surface area contributed by atoms with E-state index < -0.39 is 16.6 Å². The summed E-state index contributed by atoms with van der Waals surface area (Å²) in [7, 11) is 0. The van der Waals surface area contributed by atoms with E-state index in [0.29, 0.717) is 6.54 Å². The number of benzene rings is 1. The molecular formula is C17H22BrN5O4.